The van der Waals surface area contributed by atoms with Gasteiger partial charge in [-0.1, -0.05) is 12.1 Å². The molecule has 3 aromatic rings. The van der Waals surface area contributed by atoms with Gasteiger partial charge in [-0.15, -0.1) is 0 Å². The minimum Gasteiger partial charge on any atom is -0.491 e. The van der Waals surface area contributed by atoms with Crippen molar-refractivity contribution in [1.82, 2.24) is 14.5 Å². The van der Waals surface area contributed by atoms with Crippen LogP contribution in [-0.4, -0.2) is 27.6 Å². The Morgan fingerprint density at radius 1 is 1.36 bits per heavy atom. The lowest BCUT2D eigenvalue weighted by Gasteiger charge is -2.09. The smallest absolute Gasteiger partial charge is 0.274 e. The number of ether oxygens (including phenoxy) is 1. The van der Waals surface area contributed by atoms with Gasteiger partial charge >= 0.3 is 0 Å². The number of amides is 1. The number of hydrogen-bond acceptors (Lipinski definition) is 4. The summed E-state index contributed by atoms with van der Waals surface area (Å²) in [4.78, 5) is 31.3. The number of anilines is 1. The molecule has 1 amide bonds. The quantitative estimate of drug-likeness (QED) is 0.767. The average Bonchev–Trinajstić information content (AvgIpc) is 2.91. The molecule has 7 heteroatoms. The van der Waals surface area contributed by atoms with E-state index in [1.54, 1.807) is 7.05 Å². The number of aryl methyl sites for hydroxylation is 1. The van der Waals surface area contributed by atoms with Crippen molar-refractivity contribution in [2.24, 2.45) is 7.05 Å². The standard InChI is InChI=1S/C15H14N4O3/c1-19-8-13(22-2)12(20)7-11(19)14(21)18-15-16-9-5-3-4-6-10(9)17-15/h3-8H,1-2H3,(H2,16,17,18,21). The van der Waals surface area contributed by atoms with Gasteiger partial charge in [-0.25, -0.2) is 4.98 Å². The van der Waals surface area contributed by atoms with Crippen LogP contribution in [0.2, 0.25) is 0 Å². The highest BCUT2D eigenvalue weighted by atomic mass is 16.5. The van der Waals surface area contributed by atoms with Crippen molar-refractivity contribution in [3.8, 4) is 5.75 Å². The predicted octanol–water partition coefficient (Wildman–Crippen LogP) is 1.52. The molecule has 0 aliphatic carbocycles. The Kier molecular flexibility index (Phi) is 3.38. The number of fused-ring (bicyclic) bond motifs is 1. The van der Waals surface area contributed by atoms with Crippen LogP contribution in [0, 0.1) is 0 Å². The largest absolute Gasteiger partial charge is 0.491 e. The van der Waals surface area contributed by atoms with Crippen LogP contribution in [-0.2, 0) is 7.05 Å². The number of H-pyrrole nitrogens is 1. The highest BCUT2D eigenvalue weighted by Crippen LogP contribution is 2.14. The normalized spacial score (nSPS) is 10.6. The van der Waals surface area contributed by atoms with Gasteiger partial charge in [-0.05, 0) is 12.1 Å². The number of carbonyl (C=O) groups excluding carboxylic acids is 1. The van der Waals surface area contributed by atoms with Gasteiger partial charge in [0.25, 0.3) is 5.91 Å². The van der Waals surface area contributed by atoms with Gasteiger partial charge in [-0.3, -0.25) is 14.9 Å². The summed E-state index contributed by atoms with van der Waals surface area (Å²) in [6, 6.07) is 8.67. The van der Waals surface area contributed by atoms with E-state index in [4.69, 9.17) is 4.74 Å². The molecule has 0 spiro atoms. The van der Waals surface area contributed by atoms with Crippen molar-refractivity contribution in [2.75, 3.05) is 12.4 Å². The summed E-state index contributed by atoms with van der Waals surface area (Å²) in [7, 11) is 3.07. The lowest BCUT2D eigenvalue weighted by Crippen LogP contribution is -2.21. The van der Waals surface area contributed by atoms with Gasteiger partial charge in [0, 0.05) is 13.1 Å². The second-order valence-electron chi connectivity index (χ2n) is 4.76. The van der Waals surface area contributed by atoms with Crippen LogP contribution in [0.3, 0.4) is 0 Å². The highest BCUT2D eigenvalue weighted by Gasteiger charge is 2.14. The first-order valence-corrected chi connectivity index (χ1v) is 6.59. The number of nitrogens with zero attached hydrogens (tertiary/aromatic N) is 2. The van der Waals surface area contributed by atoms with E-state index in [1.165, 1.54) is 23.9 Å². The van der Waals surface area contributed by atoms with Gasteiger partial charge in [0.2, 0.25) is 11.4 Å². The molecule has 2 N–H and O–H groups in total. The molecule has 0 atom stereocenters. The fourth-order valence-corrected chi connectivity index (χ4v) is 2.17. The molecule has 0 saturated carbocycles. The molecule has 0 aliphatic heterocycles. The minimum atomic E-state index is -0.429. The molecule has 0 saturated heterocycles. The fraction of sp³-hybridized carbons (Fsp3) is 0.133. The number of methoxy groups -OCH3 is 1. The number of carbonyl (C=O) groups is 1. The molecule has 3 rings (SSSR count). The van der Waals surface area contributed by atoms with Gasteiger partial charge in [-0.2, -0.15) is 0 Å². The number of aromatic nitrogens is 3. The van der Waals surface area contributed by atoms with Gasteiger partial charge in [0.1, 0.15) is 5.69 Å². The van der Waals surface area contributed by atoms with Crippen LogP contribution in [0.4, 0.5) is 5.95 Å². The number of para-hydroxylation sites is 2. The summed E-state index contributed by atoms with van der Waals surface area (Å²) in [5.41, 5.74) is 1.43. The van der Waals surface area contributed by atoms with E-state index in [1.807, 2.05) is 24.3 Å². The molecule has 0 fully saturated rings. The van der Waals surface area contributed by atoms with Crippen molar-refractivity contribution >= 4 is 22.9 Å². The average molecular weight is 298 g/mol. The number of benzene rings is 1. The summed E-state index contributed by atoms with van der Waals surface area (Å²) >= 11 is 0. The van der Waals surface area contributed by atoms with Crippen molar-refractivity contribution in [3.63, 3.8) is 0 Å². The first kappa shape index (κ1) is 13.9. The molecule has 2 heterocycles. The molecule has 2 aromatic heterocycles. The monoisotopic (exact) mass is 298 g/mol. The van der Waals surface area contributed by atoms with Crippen LogP contribution in [0.15, 0.2) is 41.3 Å². The second kappa shape index (κ2) is 5.36. The molecular weight excluding hydrogens is 284 g/mol. The Bertz CT molecular complexity index is 878. The fourth-order valence-electron chi connectivity index (χ4n) is 2.17. The molecular formula is C15H14N4O3. The maximum Gasteiger partial charge on any atom is 0.274 e. The third-order valence-electron chi connectivity index (χ3n) is 3.28. The third-order valence-corrected chi connectivity index (χ3v) is 3.28. The van der Waals surface area contributed by atoms with Crippen molar-refractivity contribution in [3.05, 3.63) is 52.4 Å². The van der Waals surface area contributed by atoms with Crippen LogP contribution in [0.1, 0.15) is 10.5 Å². The maximum absolute atomic E-state index is 12.3. The zero-order chi connectivity index (χ0) is 15.7. The first-order valence-electron chi connectivity index (χ1n) is 6.59. The van der Waals surface area contributed by atoms with Gasteiger partial charge < -0.3 is 14.3 Å². The van der Waals surface area contributed by atoms with Gasteiger partial charge in [0.15, 0.2) is 5.75 Å². The Labute approximate surface area is 125 Å². The van der Waals surface area contributed by atoms with E-state index in [9.17, 15) is 9.59 Å². The maximum atomic E-state index is 12.3. The molecule has 0 unspecified atom stereocenters. The lowest BCUT2D eigenvalue weighted by atomic mass is 10.3. The molecule has 0 aliphatic rings. The van der Waals surface area contributed by atoms with Crippen LogP contribution in [0.5, 0.6) is 5.75 Å². The molecule has 1 aromatic carbocycles. The Morgan fingerprint density at radius 3 is 2.86 bits per heavy atom. The second-order valence-corrected chi connectivity index (χ2v) is 4.76. The Balaban J connectivity index is 1.91. The summed E-state index contributed by atoms with van der Waals surface area (Å²) in [6.07, 6.45) is 1.47. The predicted molar refractivity (Wildman–Crippen MR) is 82.3 cm³/mol. The molecule has 7 nitrogen and oxygen atoms in total. The summed E-state index contributed by atoms with van der Waals surface area (Å²) < 4.78 is 6.46. The van der Waals surface area contributed by atoms with E-state index in [-0.39, 0.29) is 16.9 Å². The van der Waals surface area contributed by atoms with Crippen LogP contribution < -0.4 is 15.5 Å². The van der Waals surface area contributed by atoms with Crippen molar-refractivity contribution in [1.29, 1.82) is 0 Å². The summed E-state index contributed by atoms with van der Waals surface area (Å²) in [5.74, 6) is 0.0820. The Hall–Kier alpha value is -3.09. The summed E-state index contributed by atoms with van der Waals surface area (Å²) in [6.45, 7) is 0. The van der Waals surface area contributed by atoms with Crippen LogP contribution >= 0.6 is 0 Å². The zero-order valence-corrected chi connectivity index (χ0v) is 12.1. The van der Waals surface area contributed by atoms with Crippen LogP contribution in [0.25, 0.3) is 11.0 Å². The Morgan fingerprint density at radius 2 is 2.14 bits per heavy atom. The first-order chi connectivity index (χ1) is 10.6. The third kappa shape index (κ3) is 2.44. The number of imidazole rings is 1. The zero-order valence-electron chi connectivity index (χ0n) is 12.1. The molecule has 112 valence electrons. The highest BCUT2D eigenvalue weighted by molar-refractivity contribution is 6.02. The van der Waals surface area contributed by atoms with E-state index in [0.29, 0.717) is 5.95 Å². The number of hydrogen-bond donors (Lipinski definition) is 2. The SMILES string of the molecule is COc1cn(C)c(C(=O)Nc2nc3ccccc3[nH]2)cc1=O. The van der Waals surface area contributed by atoms with E-state index < -0.39 is 5.91 Å². The topological polar surface area (TPSA) is 89.0 Å². The molecule has 0 radical (unpaired) electrons. The molecule has 0 bridgehead atoms. The van der Waals surface area contributed by atoms with Crippen molar-refractivity contribution in [2.45, 2.75) is 0 Å². The molecule has 22 heavy (non-hydrogen) atoms. The lowest BCUT2D eigenvalue weighted by molar-refractivity contribution is 0.101. The number of pyridine rings is 1. The van der Waals surface area contributed by atoms with E-state index >= 15 is 0 Å². The summed E-state index contributed by atoms with van der Waals surface area (Å²) in [5, 5.41) is 2.65. The van der Waals surface area contributed by atoms with E-state index in [2.05, 4.69) is 15.3 Å². The van der Waals surface area contributed by atoms with Crippen molar-refractivity contribution < 1.29 is 9.53 Å². The minimum absolute atomic E-state index is 0.183. The van der Waals surface area contributed by atoms with E-state index in [0.717, 1.165) is 11.0 Å². The number of aromatic amines is 1. The van der Waals surface area contributed by atoms with Gasteiger partial charge in [0.05, 0.1) is 24.3 Å². The number of rotatable bonds is 3. The number of nitrogens with one attached hydrogen (secondary N) is 2.